The van der Waals surface area contributed by atoms with Crippen LogP contribution in [0.1, 0.15) is 38.2 Å². The lowest BCUT2D eigenvalue weighted by atomic mass is 9.98. The Balaban J connectivity index is 1.69. The molecule has 3 rings (SSSR count). The van der Waals surface area contributed by atoms with Crippen LogP contribution in [0.2, 0.25) is 0 Å². The number of aryl methyl sites for hydroxylation is 1. The number of nitrogens with two attached hydrogens (primary N) is 1. The average Bonchev–Trinajstić information content (AvgIpc) is 2.51. The molecule has 21 heavy (non-hydrogen) atoms. The lowest BCUT2D eigenvalue weighted by Gasteiger charge is -2.33. The summed E-state index contributed by atoms with van der Waals surface area (Å²) in [5.41, 5.74) is 8.50. The molecule has 1 saturated heterocycles. The summed E-state index contributed by atoms with van der Waals surface area (Å²) in [6.07, 6.45) is 6.39. The van der Waals surface area contributed by atoms with E-state index in [2.05, 4.69) is 48.2 Å². The zero-order chi connectivity index (χ0) is 14.7. The summed E-state index contributed by atoms with van der Waals surface area (Å²) in [7, 11) is 0. The van der Waals surface area contributed by atoms with Gasteiger partial charge in [-0.3, -0.25) is 0 Å². The Morgan fingerprint density at radius 2 is 2.00 bits per heavy atom. The first-order valence-electron chi connectivity index (χ1n) is 8.26. The predicted molar refractivity (Wildman–Crippen MR) is 91.6 cm³/mol. The van der Waals surface area contributed by atoms with Gasteiger partial charge in [0.1, 0.15) is 0 Å². The molecule has 2 heteroatoms. The van der Waals surface area contributed by atoms with Crippen molar-refractivity contribution in [1.82, 2.24) is 4.90 Å². The van der Waals surface area contributed by atoms with E-state index in [1.54, 1.807) is 0 Å². The molecule has 1 aliphatic heterocycles. The van der Waals surface area contributed by atoms with Crippen LogP contribution in [0.5, 0.6) is 0 Å². The van der Waals surface area contributed by atoms with Crippen LogP contribution in [0, 0.1) is 0 Å². The van der Waals surface area contributed by atoms with Crippen molar-refractivity contribution in [2.24, 2.45) is 0 Å². The fourth-order valence-electron chi connectivity index (χ4n) is 3.58. The quantitative estimate of drug-likeness (QED) is 0.850. The highest BCUT2D eigenvalue weighted by atomic mass is 15.1. The van der Waals surface area contributed by atoms with Gasteiger partial charge >= 0.3 is 0 Å². The number of nitrogen functional groups attached to an aromatic ring is 1. The van der Waals surface area contributed by atoms with Crippen molar-refractivity contribution < 1.29 is 0 Å². The van der Waals surface area contributed by atoms with Gasteiger partial charge in [0.2, 0.25) is 0 Å². The maximum atomic E-state index is 6.22. The second-order valence-corrected chi connectivity index (χ2v) is 6.34. The molecule has 2 nitrogen and oxygen atoms in total. The summed E-state index contributed by atoms with van der Waals surface area (Å²) in [6.45, 7) is 4.83. The molecule has 112 valence electrons. The highest BCUT2D eigenvalue weighted by Crippen LogP contribution is 2.26. The van der Waals surface area contributed by atoms with Gasteiger partial charge in [-0.05, 0) is 68.1 Å². The maximum absolute atomic E-state index is 6.22. The van der Waals surface area contributed by atoms with Gasteiger partial charge in [-0.2, -0.15) is 0 Å². The topological polar surface area (TPSA) is 29.3 Å². The molecule has 1 unspecified atom stereocenters. The van der Waals surface area contributed by atoms with Crippen molar-refractivity contribution >= 4 is 16.5 Å². The first-order chi connectivity index (χ1) is 10.3. The molecule has 0 aromatic heterocycles. The van der Waals surface area contributed by atoms with E-state index in [-0.39, 0.29) is 0 Å². The molecule has 1 fully saturated rings. The van der Waals surface area contributed by atoms with Gasteiger partial charge in [0, 0.05) is 11.7 Å². The van der Waals surface area contributed by atoms with Gasteiger partial charge in [-0.25, -0.2) is 0 Å². The minimum absolute atomic E-state index is 0.753. The predicted octanol–water partition coefficient (Wildman–Crippen LogP) is 4.23. The molecule has 1 atom stereocenters. The van der Waals surface area contributed by atoms with E-state index in [0.29, 0.717) is 0 Å². The van der Waals surface area contributed by atoms with Crippen LogP contribution >= 0.6 is 0 Å². The Labute approximate surface area is 127 Å². The fraction of sp³-hybridized carbons (Fsp3) is 0.474. The molecular weight excluding hydrogens is 256 g/mol. The van der Waals surface area contributed by atoms with Crippen LogP contribution in [0.4, 0.5) is 5.69 Å². The molecule has 2 N–H and O–H groups in total. The first-order valence-corrected chi connectivity index (χ1v) is 8.26. The van der Waals surface area contributed by atoms with E-state index in [9.17, 15) is 0 Å². The molecule has 0 saturated carbocycles. The minimum atomic E-state index is 0.753. The van der Waals surface area contributed by atoms with Crippen molar-refractivity contribution in [3.63, 3.8) is 0 Å². The van der Waals surface area contributed by atoms with E-state index in [4.69, 9.17) is 5.73 Å². The monoisotopic (exact) mass is 282 g/mol. The zero-order valence-electron chi connectivity index (χ0n) is 13.0. The summed E-state index contributed by atoms with van der Waals surface area (Å²) < 4.78 is 0. The van der Waals surface area contributed by atoms with Crippen LogP contribution in [-0.2, 0) is 6.42 Å². The van der Waals surface area contributed by atoms with Gasteiger partial charge in [-0.1, -0.05) is 36.8 Å². The van der Waals surface area contributed by atoms with Gasteiger partial charge < -0.3 is 10.6 Å². The Morgan fingerprint density at radius 1 is 1.14 bits per heavy atom. The van der Waals surface area contributed by atoms with Crippen molar-refractivity contribution in [1.29, 1.82) is 0 Å². The lowest BCUT2D eigenvalue weighted by molar-refractivity contribution is 0.159. The van der Waals surface area contributed by atoms with Crippen molar-refractivity contribution in [3.05, 3.63) is 42.0 Å². The number of fused-ring (bicyclic) bond motifs is 1. The van der Waals surface area contributed by atoms with Gasteiger partial charge in [0.05, 0.1) is 0 Å². The molecule has 0 amide bonds. The minimum Gasteiger partial charge on any atom is -0.398 e. The molecule has 2 aromatic rings. The van der Waals surface area contributed by atoms with Crippen LogP contribution < -0.4 is 5.73 Å². The van der Waals surface area contributed by atoms with E-state index in [0.717, 1.165) is 18.2 Å². The lowest BCUT2D eigenvalue weighted by Crippen LogP contribution is -2.38. The summed E-state index contributed by atoms with van der Waals surface area (Å²) in [5, 5.41) is 2.62. The molecule has 2 aromatic carbocycles. The first kappa shape index (κ1) is 14.4. The molecule has 1 heterocycles. The normalized spacial score (nSPS) is 20.0. The third-order valence-corrected chi connectivity index (χ3v) is 4.89. The second-order valence-electron chi connectivity index (χ2n) is 6.34. The van der Waals surface area contributed by atoms with Crippen molar-refractivity contribution in [2.75, 3.05) is 18.8 Å². The Bertz CT molecular complexity index is 606. The average molecular weight is 282 g/mol. The van der Waals surface area contributed by atoms with Crippen molar-refractivity contribution in [3.8, 4) is 0 Å². The van der Waals surface area contributed by atoms with Gasteiger partial charge in [-0.15, -0.1) is 0 Å². The summed E-state index contributed by atoms with van der Waals surface area (Å²) in [4.78, 5) is 2.64. The number of hydrogen-bond acceptors (Lipinski definition) is 2. The number of rotatable bonds is 4. The number of nitrogens with zero attached hydrogens (tertiary/aromatic N) is 1. The second kappa shape index (κ2) is 6.48. The van der Waals surface area contributed by atoms with Crippen LogP contribution in [0.25, 0.3) is 10.8 Å². The Morgan fingerprint density at radius 3 is 2.86 bits per heavy atom. The highest BCUT2D eigenvalue weighted by molar-refractivity contribution is 5.89. The fourth-order valence-corrected chi connectivity index (χ4v) is 3.58. The largest absolute Gasteiger partial charge is 0.398 e. The molecule has 1 aliphatic rings. The Hall–Kier alpha value is -1.54. The molecule has 0 spiro atoms. The third-order valence-electron chi connectivity index (χ3n) is 4.89. The Kier molecular flexibility index (Phi) is 4.45. The van der Waals surface area contributed by atoms with E-state index in [1.807, 2.05) is 0 Å². The van der Waals surface area contributed by atoms with Crippen LogP contribution in [0.15, 0.2) is 36.4 Å². The highest BCUT2D eigenvalue weighted by Gasteiger charge is 2.17. The molecule has 0 radical (unpaired) electrons. The number of piperidine rings is 1. The van der Waals surface area contributed by atoms with E-state index in [1.165, 1.54) is 55.1 Å². The van der Waals surface area contributed by atoms with E-state index < -0.39 is 0 Å². The number of anilines is 1. The standard InChI is InChI=1S/C19H26N2/c1-15-7-4-5-13-21(15)14-6-10-18-17-9-3-2-8-16(17)11-12-19(18)20/h2-3,8-9,11-12,15H,4-7,10,13-14,20H2,1H3. The van der Waals surface area contributed by atoms with Crippen molar-refractivity contribution in [2.45, 2.75) is 45.1 Å². The van der Waals surface area contributed by atoms with Gasteiger partial charge in [0.15, 0.2) is 0 Å². The summed E-state index contributed by atoms with van der Waals surface area (Å²) >= 11 is 0. The van der Waals surface area contributed by atoms with E-state index >= 15 is 0 Å². The van der Waals surface area contributed by atoms with Crippen LogP contribution in [-0.4, -0.2) is 24.0 Å². The SMILES string of the molecule is CC1CCCCN1CCCc1c(N)ccc2ccccc12. The number of hydrogen-bond donors (Lipinski definition) is 1. The van der Waals surface area contributed by atoms with Gasteiger partial charge in [0.25, 0.3) is 0 Å². The third kappa shape index (κ3) is 3.21. The molecule has 0 aliphatic carbocycles. The number of benzene rings is 2. The molecular formula is C19H26N2. The summed E-state index contributed by atoms with van der Waals surface area (Å²) in [6, 6.07) is 13.5. The number of likely N-dealkylation sites (tertiary alicyclic amines) is 1. The van der Waals surface area contributed by atoms with Crippen LogP contribution in [0.3, 0.4) is 0 Å². The smallest absolute Gasteiger partial charge is 0.0353 e. The maximum Gasteiger partial charge on any atom is 0.0353 e. The zero-order valence-corrected chi connectivity index (χ0v) is 13.0. The summed E-state index contributed by atoms with van der Waals surface area (Å²) in [5.74, 6) is 0. The molecule has 0 bridgehead atoms.